The molecule has 3 aromatic carbocycles. The van der Waals surface area contributed by atoms with Crippen molar-refractivity contribution in [3.05, 3.63) is 65.7 Å². The number of esters is 1. The Hall–Kier alpha value is -3.14. The number of carbonyl (C=O) groups is 2. The van der Waals surface area contributed by atoms with Crippen molar-refractivity contribution in [3.8, 4) is 5.75 Å². The van der Waals surface area contributed by atoms with Crippen LogP contribution in [-0.2, 0) is 15.0 Å². The van der Waals surface area contributed by atoms with Gasteiger partial charge >= 0.3 is 11.9 Å². The van der Waals surface area contributed by atoms with E-state index in [2.05, 4.69) is 39.0 Å². The van der Waals surface area contributed by atoms with E-state index in [0.717, 1.165) is 32.7 Å². The number of carboxylic acids is 1. The number of hydrogen-bond donors (Lipinski definition) is 1. The summed E-state index contributed by atoms with van der Waals surface area (Å²) in [5.41, 5.74) is 2.03. The molecular formula is C28H28O4. The summed E-state index contributed by atoms with van der Waals surface area (Å²) >= 11 is 0. The predicted molar refractivity (Wildman–Crippen MR) is 126 cm³/mol. The quantitative estimate of drug-likeness (QED) is 0.237. The van der Waals surface area contributed by atoms with Gasteiger partial charge in [0.1, 0.15) is 5.75 Å². The lowest BCUT2D eigenvalue weighted by Crippen LogP contribution is -2.36. The number of carbonyl (C=O) groups excluding carboxylic acids is 1. The van der Waals surface area contributed by atoms with Crippen LogP contribution in [0, 0.1) is 23.7 Å². The average Bonchev–Trinajstić information content (AvgIpc) is 3.29. The maximum absolute atomic E-state index is 13.6. The molecule has 3 aromatic rings. The summed E-state index contributed by atoms with van der Waals surface area (Å²) in [5.74, 6) is -2.33. The minimum absolute atomic E-state index is 0.0723. The van der Waals surface area contributed by atoms with Crippen molar-refractivity contribution in [2.75, 3.05) is 0 Å². The Labute approximate surface area is 187 Å². The molecule has 4 unspecified atom stereocenters. The topological polar surface area (TPSA) is 63.6 Å². The summed E-state index contributed by atoms with van der Waals surface area (Å²) in [6, 6.07) is 16.2. The Balaban J connectivity index is 1.68. The Morgan fingerprint density at radius 3 is 2.44 bits per heavy atom. The van der Waals surface area contributed by atoms with Gasteiger partial charge in [-0.05, 0) is 53.0 Å². The van der Waals surface area contributed by atoms with E-state index < -0.39 is 23.8 Å². The molecule has 1 N–H and O–H groups in total. The van der Waals surface area contributed by atoms with Crippen LogP contribution in [0.25, 0.3) is 21.5 Å². The van der Waals surface area contributed by atoms with Gasteiger partial charge in [-0.1, -0.05) is 74.9 Å². The first kappa shape index (κ1) is 20.7. The predicted octanol–water partition coefficient (Wildman–Crippen LogP) is 6.11. The van der Waals surface area contributed by atoms with Gasteiger partial charge in [0.2, 0.25) is 0 Å². The Morgan fingerprint density at radius 1 is 1.00 bits per heavy atom. The van der Waals surface area contributed by atoms with E-state index in [4.69, 9.17) is 4.74 Å². The van der Waals surface area contributed by atoms with E-state index in [1.165, 1.54) is 0 Å². The van der Waals surface area contributed by atoms with Crippen molar-refractivity contribution in [1.82, 2.24) is 0 Å². The second kappa shape index (κ2) is 7.19. The monoisotopic (exact) mass is 428 g/mol. The van der Waals surface area contributed by atoms with Crippen molar-refractivity contribution in [2.45, 2.75) is 39.5 Å². The summed E-state index contributed by atoms with van der Waals surface area (Å²) in [4.78, 5) is 25.6. The van der Waals surface area contributed by atoms with Crippen LogP contribution in [0.2, 0.25) is 0 Å². The highest BCUT2D eigenvalue weighted by Gasteiger charge is 2.54. The minimum atomic E-state index is -0.912. The largest absolute Gasteiger partial charge is 0.481 e. The number of aliphatic carboxylic acids is 1. The molecule has 4 heteroatoms. The summed E-state index contributed by atoms with van der Waals surface area (Å²) in [7, 11) is 0. The molecule has 1 fully saturated rings. The number of rotatable bonds is 3. The summed E-state index contributed by atoms with van der Waals surface area (Å²) in [6.07, 6.45) is 2.78. The molecule has 4 atom stereocenters. The maximum atomic E-state index is 13.6. The van der Waals surface area contributed by atoms with Crippen LogP contribution in [0.3, 0.4) is 0 Å². The molecule has 4 nitrogen and oxygen atoms in total. The van der Waals surface area contributed by atoms with Gasteiger partial charge in [-0.15, -0.1) is 0 Å². The van der Waals surface area contributed by atoms with Gasteiger partial charge < -0.3 is 9.84 Å². The maximum Gasteiger partial charge on any atom is 0.315 e. The minimum Gasteiger partial charge on any atom is -0.481 e. The molecule has 5 rings (SSSR count). The fraction of sp³-hybridized carbons (Fsp3) is 0.357. The van der Waals surface area contributed by atoms with Crippen LogP contribution in [0.15, 0.2) is 60.2 Å². The number of ether oxygens (including phenoxy) is 1. The van der Waals surface area contributed by atoms with Crippen molar-refractivity contribution < 1.29 is 19.4 Å². The molecule has 0 spiro atoms. The Kier molecular flexibility index (Phi) is 4.66. The zero-order chi connectivity index (χ0) is 22.8. The van der Waals surface area contributed by atoms with Crippen LogP contribution in [-0.4, -0.2) is 17.0 Å². The van der Waals surface area contributed by atoms with Gasteiger partial charge in [-0.25, -0.2) is 0 Å². The second-order valence-electron chi connectivity index (χ2n) is 10.3. The lowest BCUT2D eigenvalue weighted by atomic mass is 9.80. The summed E-state index contributed by atoms with van der Waals surface area (Å²) in [5, 5.41) is 13.7. The highest BCUT2D eigenvalue weighted by molar-refractivity contribution is 6.08. The van der Waals surface area contributed by atoms with Crippen LogP contribution in [0.1, 0.15) is 39.7 Å². The Bertz CT molecular complexity index is 1290. The molecule has 32 heavy (non-hydrogen) atoms. The smallest absolute Gasteiger partial charge is 0.315 e. The van der Waals surface area contributed by atoms with Gasteiger partial charge in [-0.3, -0.25) is 9.59 Å². The zero-order valence-corrected chi connectivity index (χ0v) is 18.9. The van der Waals surface area contributed by atoms with Crippen molar-refractivity contribution in [1.29, 1.82) is 0 Å². The van der Waals surface area contributed by atoms with Gasteiger partial charge in [0.15, 0.2) is 0 Å². The zero-order valence-electron chi connectivity index (χ0n) is 18.9. The SMILES string of the molecule is CC1=CC2CC1C(C(=O)O)C2C(=O)Oc1c2ccccc2cc2cccc(C(C)(C)C)c12. The standard InChI is InChI=1S/C28H28O4/c1-15-12-18-14-20(15)24(26(29)30)23(18)27(31)32-25-19-10-6-5-8-16(19)13-17-9-7-11-21(22(17)25)28(2,3)4/h5-13,18,20,23-24H,14H2,1-4H3,(H,29,30). The number of carboxylic acid groups (broad SMARTS) is 1. The highest BCUT2D eigenvalue weighted by Crippen LogP contribution is 2.52. The summed E-state index contributed by atoms with van der Waals surface area (Å²) in [6.45, 7) is 8.40. The third kappa shape index (κ3) is 3.12. The molecule has 164 valence electrons. The van der Waals surface area contributed by atoms with Crippen LogP contribution >= 0.6 is 0 Å². The van der Waals surface area contributed by atoms with Crippen LogP contribution in [0.5, 0.6) is 5.75 Å². The molecule has 0 aromatic heterocycles. The molecule has 2 aliphatic carbocycles. The lowest BCUT2D eigenvalue weighted by molar-refractivity contribution is -0.152. The molecular weight excluding hydrogens is 400 g/mol. The number of fused-ring (bicyclic) bond motifs is 4. The first-order valence-corrected chi connectivity index (χ1v) is 11.2. The average molecular weight is 429 g/mol. The van der Waals surface area contributed by atoms with Crippen molar-refractivity contribution in [2.24, 2.45) is 23.7 Å². The number of hydrogen-bond acceptors (Lipinski definition) is 3. The summed E-state index contributed by atoms with van der Waals surface area (Å²) < 4.78 is 6.20. The molecule has 2 bridgehead atoms. The Morgan fingerprint density at radius 2 is 1.72 bits per heavy atom. The second-order valence-corrected chi connectivity index (χ2v) is 10.3. The molecule has 0 saturated heterocycles. The van der Waals surface area contributed by atoms with E-state index in [1.807, 2.05) is 43.3 Å². The third-order valence-corrected chi connectivity index (χ3v) is 7.28. The first-order valence-electron chi connectivity index (χ1n) is 11.2. The molecule has 0 amide bonds. The van der Waals surface area contributed by atoms with E-state index >= 15 is 0 Å². The molecule has 1 saturated carbocycles. The molecule has 2 aliphatic rings. The molecule has 0 aliphatic heterocycles. The first-order chi connectivity index (χ1) is 15.2. The van der Waals surface area contributed by atoms with Gasteiger partial charge in [0.25, 0.3) is 0 Å². The van der Waals surface area contributed by atoms with E-state index in [0.29, 0.717) is 12.2 Å². The van der Waals surface area contributed by atoms with Crippen LogP contribution in [0.4, 0.5) is 0 Å². The van der Waals surface area contributed by atoms with E-state index in [9.17, 15) is 14.7 Å². The molecule has 0 heterocycles. The lowest BCUT2D eigenvalue weighted by Gasteiger charge is -2.27. The van der Waals surface area contributed by atoms with Gasteiger partial charge in [0.05, 0.1) is 11.8 Å². The fourth-order valence-corrected chi connectivity index (χ4v) is 5.83. The van der Waals surface area contributed by atoms with Crippen LogP contribution < -0.4 is 4.74 Å². The molecule has 0 radical (unpaired) electrons. The van der Waals surface area contributed by atoms with Gasteiger partial charge in [-0.2, -0.15) is 0 Å². The van der Waals surface area contributed by atoms with Crippen molar-refractivity contribution >= 4 is 33.5 Å². The van der Waals surface area contributed by atoms with E-state index in [-0.39, 0.29) is 17.3 Å². The normalized spacial score (nSPS) is 24.7. The third-order valence-electron chi connectivity index (χ3n) is 7.28. The van der Waals surface area contributed by atoms with Crippen molar-refractivity contribution in [3.63, 3.8) is 0 Å². The highest BCUT2D eigenvalue weighted by atomic mass is 16.5. The number of allylic oxidation sites excluding steroid dienone is 2. The van der Waals surface area contributed by atoms with Gasteiger partial charge in [0, 0.05) is 10.8 Å². The van der Waals surface area contributed by atoms with E-state index in [1.54, 1.807) is 0 Å². The number of benzene rings is 3. The fourth-order valence-electron chi connectivity index (χ4n) is 5.83.